The van der Waals surface area contributed by atoms with Gasteiger partial charge in [-0.3, -0.25) is 4.79 Å². The summed E-state index contributed by atoms with van der Waals surface area (Å²) >= 11 is 6.39. The van der Waals surface area contributed by atoms with E-state index >= 15 is 0 Å². The smallest absolute Gasteiger partial charge is 0.229 e. The summed E-state index contributed by atoms with van der Waals surface area (Å²) in [4.78, 5) is 16.8. The summed E-state index contributed by atoms with van der Waals surface area (Å²) in [5.74, 6) is 0.504. The summed E-state index contributed by atoms with van der Waals surface area (Å²) in [5, 5.41) is 10.1. The molecule has 2 aromatic rings. The molecule has 1 aromatic heterocycles. The van der Waals surface area contributed by atoms with Crippen molar-refractivity contribution in [3.05, 3.63) is 41.6 Å². The third-order valence-corrected chi connectivity index (χ3v) is 5.10. The van der Waals surface area contributed by atoms with Crippen LogP contribution >= 0.6 is 11.6 Å². The van der Waals surface area contributed by atoms with E-state index in [0.717, 1.165) is 55.8 Å². The minimum Gasteiger partial charge on any atom is -0.385 e. The van der Waals surface area contributed by atoms with Crippen LogP contribution in [0.4, 0.5) is 11.5 Å². The zero-order chi connectivity index (χ0) is 19.8. The van der Waals surface area contributed by atoms with Gasteiger partial charge in [-0.2, -0.15) is 0 Å². The van der Waals surface area contributed by atoms with Gasteiger partial charge in [0.2, 0.25) is 5.91 Å². The van der Waals surface area contributed by atoms with Gasteiger partial charge < -0.3 is 20.7 Å². The first-order chi connectivity index (χ1) is 13.7. The van der Waals surface area contributed by atoms with Gasteiger partial charge in [0.1, 0.15) is 5.82 Å². The zero-order valence-electron chi connectivity index (χ0n) is 16.1. The second kappa shape index (κ2) is 10.4. The van der Waals surface area contributed by atoms with Crippen LogP contribution in [0.5, 0.6) is 0 Å². The molecule has 7 heteroatoms. The van der Waals surface area contributed by atoms with Crippen molar-refractivity contribution in [1.29, 1.82) is 0 Å². The molecule has 3 N–H and O–H groups in total. The van der Waals surface area contributed by atoms with Gasteiger partial charge in [0, 0.05) is 44.3 Å². The van der Waals surface area contributed by atoms with Gasteiger partial charge in [0.15, 0.2) is 0 Å². The quantitative estimate of drug-likeness (QED) is 0.586. The first kappa shape index (κ1) is 20.6. The molecular formula is C21H27ClN4O2. The van der Waals surface area contributed by atoms with E-state index < -0.39 is 0 Å². The highest BCUT2D eigenvalue weighted by Gasteiger charge is 2.21. The molecule has 3 rings (SSSR count). The lowest BCUT2D eigenvalue weighted by atomic mass is 9.99. The van der Waals surface area contributed by atoms with Crippen molar-refractivity contribution in [3.63, 3.8) is 0 Å². The number of hydrogen-bond donors (Lipinski definition) is 3. The number of carbonyl (C=O) groups excluding carboxylic acids is 1. The molecule has 0 radical (unpaired) electrons. The number of methoxy groups -OCH3 is 1. The second-order valence-electron chi connectivity index (χ2n) is 6.94. The second-order valence-corrected chi connectivity index (χ2v) is 7.34. The van der Waals surface area contributed by atoms with E-state index in [1.807, 2.05) is 30.3 Å². The standard InChI is InChI=1S/C21H27ClN4O2/c1-28-10-4-9-24-17-7-2-5-15(11-17)18-12-20(25-14-19(18)22)26-21(27)16-6-3-8-23-13-16/h2,5,7,11-12,14,16,23-24H,3-4,6,8-10,13H2,1H3,(H,25,26,27). The number of anilines is 2. The maximum absolute atomic E-state index is 12.5. The zero-order valence-corrected chi connectivity index (χ0v) is 16.9. The maximum atomic E-state index is 12.5. The van der Waals surface area contributed by atoms with E-state index in [-0.39, 0.29) is 11.8 Å². The lowest BCUT2D eigenvalue weighted by molar-refractivity contribution is -0.120. The highest BCUT2D eigenvalue weighted by Crippen LogP contribution is 2.31. The van der Waals surface area contributed by atoms with Gasteiger partial charge in [-0.05, 0) is 49.6 Å². The molecule has 1 amide bonds. The van der Waals surface area contributed by atoms with Gasteiger partial charge in [-0.15, -0.1) is 0 Å². The lowest BCUT2D eigenvalue weighted by Gasteiger charge is -2.21. The Hall–Kier alpha value is -2.15. The average Bonchev–Trinajstić information content (AvgIpc) is 2.73. The number of nitrogens with zero attached hydrogens (tertiary/aromatic N) is 1. The normalized spacial score (nSPS) is 16.6. The number of ether oxygens (including phenoxy) is 1. The highest BCUT2D eigenvalue weighted by molar-refractivity contribution is 6.33. The van der Waals surface area contributed by atoms with E-state index in [1.165, 1.54) is 0 Å². The molecule has 1 atom stereocenters. The Balaban J connectivity index is 1.71. The molecule has 0 spiro atoms. The Kier molecular flexibility index (Phi) is 7.65. The molecule has 1 saturated heterocycles. The summed E-state index contributed by atoms with van der Waals surface area (Å²) in [6.07, 6.45) is 4.44. The van der Waals surface area contributed by atoms with Crippen LogP contribution in [0.25, 0.3) is 11.1 Å². The third-order valence-electron chi connectivity index (χ3n) is 4.80. The predicted octanol–water partition coefficient (Wildman–Crippen LogP) is 3.79. The van der Waals surface area contributed by atoms with Gasteiger partial charge in [0.25, 0.3) is 0 Å². The molecule has 0 bridgehead atoms. The van der Waals surface area contributed by atoms with Crippen LogP contribution in [0.3, 0.4) is 0 Å². The van der Waals surface area contributed by atoms with Crippen LogP contribution in [-0.2, 0) is 9.53 Å². The maximum Gasteiger partial charge on any atom is 0.229 e. The number of nitrogens with one attached hydrogen (secondary N) is 3. The molecule has 0 aliphatic carbocycles. The lowest BCUT2D eigenvalue weighted by Crippen LogP contribution is -2.37. The van der Waals surface area contributed by atoms with E-state index in [4.69, 9.17) is 16.3 Å². The van der Waals surface area contributed by atoms with Crippen LogP contribution in [0.1, 0.15) is 19.3 Å². The number of pyridine rings is 1. The molecule has 1 aliphatic rings. The molecule has 0 saturated carbocycles. The Morgan fingerprint density at radius 2 is 2.29 bits per heavy atom. The summed E-state index contributed by atoms with van der Waals surface area (Å²) in [6.45, 7) is 3.24. The summed E-state index contributed by atoms with van der Waals surface area (Å²) in [7, 11) is 1.70. The molecule has 150 valence electrons. The average molecular weight is 403 g/mol. The van der Waals surface area contributed by atoms with E-state index in [2.05, 4.69) is 20.9 Å². The minimum absolute atomic E-state index is 0.00142. The Bertz CT molecular complexity index is 794. The number of hydrogen-bond acceptors (Lipinski definition) is 5. The fraction of sp³-hybridized carbons (Fsp3) is 0.429. The Labute approximate surface area is 171 Å². The van der Waals surface area contributed by atoms with Crippen molar-refractivity contribution in [2.45, 2.75) is 19.3 Å². The molecule has 1 unspecified atom stereocenters. The topological polar surface area (TPSA) is 75.3 Å². The van der Waals surface area contributed by atoms with Crippen molar-refractivity contribution >= 4 is 29.0 Å². The van der Waals surface area contributed by atoms with Gasteiger partial charge in [-0.1, -0.05) is 23.7 Å². The van der Waals surface area contributed by atoms with Crippen LogP contribution in [0.2, 0.25) is 5.02 Å². The molecular weight excluding hydrogens is 376 g/mol. The largest absolute Gasteiger partial charge is 0.385 e. The predicted molar refractivity (Wildman–Crippen MR) is 114 cm³/mol. The van der Waals surface area contributed by atoms with Crippen molar-refractivity contribution < 1.29 is 9.53 Å². The van der Waals surface area contributed by atoms with E-state index in [9.17, 15) is 4.79 Å². The van der Waals surface area contributed by atoms with Crippen LogP contribution in [-0.4, -0.2) is 44.2 Å². The Morgan fingerprint density at radius 1 is 1.39 bits per heavy atom. The van der Waals surface area contributed by atoms with Crippen molar-refractivity contribution in [2.75, 3.05) is 44.0 Å². The van der Waals surface area contributed by atoms with E-state index in [0.29, 0.717) is 17.4 Å². The molecule has 1 fully saturated rings. The fourth-order valence-corrected chi connectivity index (χ4v) is 3.49. The monoisotopic (exact) mass is 402 g/mol. The van der Waals surface area contributed by atoms with Crippen LogP contribution in [0.15, 0.2) is 36.5 Å². The molecule has 1 aliphatic heterocycles. The number of amides is 1. The van der Waals surface area contributed by atoms with Crippen molar-refractivity contribution in [1.82, 2.24) is 10.3 Å². The number of benzene rings is 1. The Morgan fingerprint density at radius 3 is 3.07 bits per heavy atom. The number of carbonyl (C=O) groups is 1. The molecule has 28 heavy (non-hydrogen) atoms. The SMILES string of the molecule is COCCCNc1cccc(-c2cc(NC(=O)C3CCCNC3)ncc2Cl)c1. The number of piperidine rings is 1. The van der Waals surface area contributed by atoms with Gasteiger partial charge in [-0.25, -0.2) is 4.98 Å². The minimum atomic E-state index is -0.0192. The number of aromatic nitrogens is 1. The summed E-state index contributed by atoms with van der Waals surface area (Å²) in [5.41, 5.74) is 2.83. The fourth-order valence-electron chi connectivity index (χ4n) is 3.28. The third kappa shape index (κ3) is 5.67. The summed E-state index contributed by atoms with van der Waals surface area (Å²) < 4.78 is 5.07. The van der Waals surface area contributed by atoms with Crippen LogP contribution < -0.4 is 16.0 Å². The molecule has 6 nitrogen and oxygen atoms in total. The van der Waals surface area contributed by atoms with E-state index in [1.54, 1.807) is 13.3 Å². The van der Waals surface area contributed by atoms with Crippen molar-refractivity contribution in [3.8, 4) is 11.1 Å². The van der Waals surface area contributed by atoms with Gasteiger partial charge in [0.05, 0.1) is 10.9 Å². The van der Waals surface area contributed by atoms with Gasteiger partial charge >= 0.3 is 0 Å². The highest BCUT2D eigenvalue weighted by atomic mass is 35.5. The molecule has 2 heterocycles. The number of halogens is 1. The number of rotatable bonds is 8. The van der Waals surface area contributed by atoms with Crippen molar-refractivity contribution in [2.24, 2.45) is 5.92 Å². The first-order valence-electron chi connectivity index (χ1n) is 9.68. The van der Waals surface area contributed by atoms with Crippen LogP contribution in [0, 0.1) is 5.92 Å². The summed E-state index contributed by atoms with van der Waals surface area (Å²) in [6, 6.07) is 9.88. The molecule has 1 aromatic carbocycles. The first-order valence-corrected chi connectivity index (χ1v) is 10.1.